The van der Waals surface area contributed by atoms with E-state index in [1.54, 1.807) is 23.9 Å². The molecule has 0 aliphatic carbocycles. The fraction of sp³-hybridized carbons (Fsp3) is 0.526. The van der Waals surface area contributed by atoms with Gasteiger partial charge in [-0.3, -0.25) is 19.3 Å². The molecule has 2 amide bonds. The minimum absolute atomic E-state index is 0.00205. The molecule has 2 saturated heterocycles. The summed E-state index contributed by atoms with van der Waals surface area (Å²) < 4.78 is 0. The van der Waals surface area contributed by atoms with Crippen LogP contribution in [0.2, 0.25) is 0 Å². The summed E-state index contributed by atoms with van der Waals surface area (Å²) in [6.07, 6.45) is 1.23. The van der Waals surface area contributed by atoms with Crippen LogP contribution >= 0.6 is 0 Å². The van der Waals surface area contributed by atoms with Crippen LogP contribution in [0.3, 0.4) is 0 Å². The second-order valence-electron chi connectivity index (χ2n) is 7.22. The number of carboxylic acid groups (broad SMARTS) is 1. The first-order chi connectivity index (χ1) is 12.3. The molecule has 7 heteroatoms. The highest BCUT2D eigenvalue weighted by Gasteiger charge is 2.55. The number of likely N-dealkylation sites (N-methyl/N-ethyl adjacent to an activating group) is 1. The molecule has 0 unspecified atom stereocenters. The van der Waals surface area contributed by atoms with Crippen LogP contribution in [0.15, 0.2) is 30.3 Å². The third-order valence-electron chi connectivity index (χ3n) is 5.97. The zero-order chi connectivity index (χ0) is 18.9. The Morgan fingerprint density at radius 1 is 1.23 bits per heavy atom. The van der Waals surface area contributed by atoms with Gasteiger partial charge in [0.1, 0.15) is 0 Å². The fourth-order valence-electron chi connectivity index (χ4n) is 4.18. The molecule has 0 aromatic heterocycles. The van der Waals surface area contributed by atoms with Crippen LogP contribution in [0.5, 0.6) is 0 Å². The Bertz CT molecular complexity index is 698. The first-order valence-electron chi connectivity index (χ1n) is 8.88. The van der Waals surface area contributed by atoms with Crippen molar-refractivity contribution in [2.75, 3.05) is 38.6 Å². The van der Waals surface area contributed by atoms with E-state index in [4.69, 9.17) is 0 Å². The lowest BCUT2D eigenvalue weighted by Gasteiger charge is -2.45. The molecule has 3 rings (SSSR count). The standard InChI is InChI=1S/C19H25N3O4/c1-20(14-6-4-3-5-7-14)17(24)13-22-10-8-19(9-11-22)15(18(25)26)12-16(23)21(19)2/h3-7,15H,8-13H2,1-2H3,(H,25,26)/t15-/m1/s1. The van der Waals surface area contributed by atoms with Crippen LogP contribution in [0, 0.1) is 5.92 Å². The van der Waals surface area contributed by atoms with E-state index >= 15 is 0 Å². The number of hydrogen-bond donors (Lipinski definition) is 1. The van der Waals surface area contributed by atoms with Crippen molar-refractivity contribution < 1.29 is 19.5 Å². The van der Waals surface area contributed by atoms with E-state index in [0.29, 0.717) is 25.9 Å². The van der Waals surface area contributed by atoms with Gasteiger partial charge in [0.2, 0.25) is 11.8 Å². The van der Waals surface area contributed by atoms with Gasteiger partial charge in [0, 0.05) is 39.3 Å². The molecule has 1 N–H and O–H groups in total. The number of rotatable bonds is 4. The quantitative estimate of drug-likeness (QED) is 0.869. The summed E-state index contributed by atoms with van der Waals surface area (Å²) in [4.78, 5) is 41.5. The number of carbonyl (C=O) groups excluding carboxylic acids is 2. The van der Waals surface area contributed by atoms with Crippen molar-refractivity contribution in [2.45, 2.75) is 24.8 Å². The molecular weight excluding hydrogens is 334 g/mol. The number of amides is 2. The Labute approximate surface area is 153 Å². The summed E-state index contributed by atoms with van der Waals surface area (Å²) in [7, 11) is 3.46. The summed E-state index contributed by atoms with van der Waals surface area (Å²) in [5.74, 6) is -1.68. The minimum Gasteiger partial charge on any atom is -0.481 e. The van der Waals surface area contributed by atoms with Crippen molar-refractivity contribution in [2.24, 2.45) is 5.92 Å². The second kappa shape index (κ2) is 7.07. The topological polar surface area (TPSA) is 81.2 Å². The van der Waals surface area contributed by atoms with E-state index < -0.39 is 17.4 Å². The molecule has 2 fully saturated rings. The summed E-state index contributed by atoms with van der Waals surface area (Å²) in [6, 6.07) is 9.47. The molecule has 1 aromatic rings. The number of anilines is 1. The van der Waals surface area contributed by atoms with Gasteiger partial charge in [0.15, 0.2) is 0 Å². The number of aliphatic carboxylic acids is 1. The first-order valence-corrected chi connectivity index (χ1v) is 8.88. The number of nitrogens with zero attached hydrogens (tertiary/aromatic N) is 3. The van der Waals surface area contributed by atoms with Crippen molar-refractivity contribution >= 4 is 23.5 Å². The summed E-state index contributed by atoms with van der Waals surface area (Å²) in [6.45, 7) is 1.50. The van der Waals surface area contributed by atoms with Crippen LogP contribution in [-0.2, 0) is 14.4 Å². The number of para-hydroxylation sites is 1. The highest BCUT2D eigenvalue weighted by atomic mass is 16.4. The molecule has 1 aromatic carbocycles. The number of likely N-dealkylation sites (tertiary alicyclic amines) is 2. The molecule has 0 radical (unpaired) electrons. The number of hydrogen-bond acceptors (Lipinski definition) is 4. The summed E-state index contributed by atoms with van der Waals surface area (Å²) in [5, 5.41) is 9.52. The minimum atomic E-state index is -0.906. The maximum absolute atomic E-state index is 12.5. The van der Waals surface area contributed by atoms with E-state index in [1.807, 2.05) is 35.2 Å². The average Bonchev–Trinajstić information content (AvgIpc) is 2.89. The molecule has 2 aliphatic heterocycles. The zero-order valence-electron chi connectivity index (χ0n) is 15.2. The molecule has 0 saturated carbocycles. The third kappa shape index (κ3) is 3.19. The Morgan fingerprint density at radius 2 is 1.85 bits per heavy atom. The van der Waals surface area contributed by atoms with Gasteiger partial charge in [-0.2, -0.15) is 0 Å². The van der Waals surface area contributed by atoms with Gasteiger partial charge in [-0.15, -0.1) is 0 Å². The van der Waals surface area contributed by atoms with E-state index in [9.17, 15) is 19.5 Å². The Morgan fingerprint density at radius 3 is 2.42 bits per heavy atom. The van der Waals surface area contributed by atoms with Gasteiger partial charge in [-0.1, -0.05) is 18.2 Å². The molecule has 140 valence electrons. The number of piperidine rings is 1. The van der Waals surface area contributed by atoms with E-state index in [-0.39, 0.29) is 24.8 Å². The van der Waals surface area contributed by atoms with E-state index in [0.717, 1.165) is 5.69 Å². The lowest BCUT2D eigenvalue weighted by atomic mass is 9.77. The van der Waals surface area contributed by atoms with Gasteiger partial charge < -0.3 is 14.9 Å². The third-order valence-corrected chi connectivity index (χ3v) is 5.97. The van der Waals surface area contributed by atoms with Crippen molar-refractivity contribution in [3.63, 3.8) is 0 Å². The van der Waals surface area contributed by atoms with Crippen molar-refractivity contribution in [3.8, 4) is 0 Å². The molecule has 2 heterocycles. The van der Waals surface area contributed by atoms with Crippen molar-refractivity contribution in [1.29, 1.82) is 0 Å². The summed E-state index contributed by atoms with van der Waals surface area (Å²) in [5.41, 5.74) is 0.228. The predicted molar refractivity (Wildman–Crippen MR) is 96.8 cm³/mol. The number of benzene rings is 1. The summed E-state index contributed by atoms with van der Waals surface area (Å²) >= 11 is 0. The highest BCUT2D eigenvalue weighted by molar-refractivity contribution is 5.94. The average molecular weight is 359 g/mol. The highest BCUT2D eigenvalue weighted by Crippen LogP contribution is 2.42. The molecular formula is C19H25N3O4. The monoisotopic (exact) mass is 359 g/mol. The van der Waals surface area contributed by atoms with Gasteiger partial charge in [-0.05, 0) is 25.0 Å². The van der Waals surface area contributed by atoms with Gasteiger partial charge in [-0.25, -0.2) is 0 Å². The van der Waals surface area contributed by atoms with Crippen LogP contribution in [0.25, 0.3) is 0 Å². The predicted octanol–water partition coefficient (Wildman–Crippen LogP) is 1.05. The lowest BCUT2D eigenvalue weighted by molar-refractivity contribution is -0.146. The van der Waals surface area contributed by atoms with Crippen LogP contribution in [0.4, 0.5) is 5.69 Å². The van der Waals surface area contributed by atoms with Crippen molar-refractivity contribution in [3.05, 3.63) is 30.3 Å². The molecule has 2 aliphatic rings. The molecule has 7 nitrogen and oxygen atoms in total. The van der Waals surface area contributed by atoms with Gasteiger partial charge >= 0.3 is 5.97 Å². The number of carbonyl (C=O) groups is 3. The maximum Gasteiger partial charge on any atom is 0.309 e. The first kappa shape index (κ1) is 18.4. The van der Waals surface area contributed by atoms with Crippen molar-refractivity contribution in [1.82, 2.24) is 9.80 Å². The Kier molecular flexibility index (Phi) is 5.00. The molecule has 1 spiro atoms. The van der Waals surface area contributed by atoms with Gasteiger partial charge in [0.25, 0.3) is 0 Å². The van der Waals surface area contributed by atoms with Crippen LogP contribution in [-0.4, -0.2) is 72.0 Å². The number of carboxylic acids is 1. The zero-order valence-corrected chi connectivity index (χ0v) is 15.2. The Balaban J connectivity index is 1.62. The van der Waals surface area contributed by atoms with E-state index in [2.05, 4.69) is 0 Å². The van der Waals surface area contributed by atoms with Gasteiger partial charge in [0.05, 0.1) is 18.0 Å². The molecule has 1 atom stereocenters. The second-order valence-corrected chi connectivity index (χ2v) is 7.22. The SMILES string of the molecule is CN(C(=O)CN1CCC2(CC1)[C@@H](C(=O)O)CC(=O)N2C)c1ccccc1. The van der Waals surface area contributed by atoms with E-state index in [1.165, 1.54) is 0 Å². The Hall–Kier alpha value is -2.41. The maximum atomic E-state index is 12.5. The molecule has 26 heavy (non-hydrogen) atoms. The lowest BCUT2D eigenvalue weighted by Crippen LogP contribution is -2.57. The normalized spacial score (nSPS) is 22.6. The van der Waals surface area contributed by atoms with Crippen LogP contribution in [0.1, 0.15) is 19.3 Å². The van der Waals surface area contributed by atoms with Crippen LogP contribution < -0.4 is 4.90 Å². The smallest absolute Gasteiger partial charge is 0.309 e. The molecule has 0 bridgehead atoms. The largest absolute Gasteiger partial charge is 0.481 e. The fourth-order valence-corrected chi connectivity index (χ4v) is 4.18.